The van der Waals surface area contributed by atoms with E-state index in [1.54, 1.807) is 12.1 Å². The second-order valence-corrected chi connectivity index (χ2v) is 5.71. The second-order valence-electron chi connectivity index (χ2n) is 3.94. The minimum Gasteiger partial charge on any atom is -0.477 e. The molecule has 0 atom stereocenters. The van der Waals surface area contributed by atoms with Crippen LogP contribution in [0.15, 0.2) is 39.4 Å². The first-order valence-electron chi connectivity index (χ1n) is 5.32. The molecule has 0 saturated carbocycles. The molecule has 1 aromatic carbocycles. The highest BCUT2D eigenvalue weighted by Gasteiger charge is 2.17. The van der Waals surface area contributed by atoms with Crippen molar-refractivity contribution >= 4 is 43.6 Å². The van der Waals surface area contributed by atoms with Crippen LogP contribution >= 0.6 is 31.9 Å². The van der Waals surface area contributed by atoms with E-state index in [-0.39, 0.29) is 11.5 Å². The van der Waals surface area contributed by atoms with E-state index < -0.39 is 5.97 Å². The van der Waals surface area contributed by atoms with Crippen molar-refractivity contribution in [2.45, 2.75) is 6.92 Å². The molecule has 1 heterocycles. The number of Topliss-reactive ketones (excluding diaryl/α,β-unsaturated/α-hetero) is 1. The fourth-order valence-electron chi connectivity index (χ4n) is 1.69. The van der Waals surface area contributed by atoms with Gasteiger partial charge in [0.15, 0.2) is 5.78 Å². The molecule has 0 radical (unpaired) electrons. The number of aromatic nitrogens is 1. The van der Waals surface area contributed by atoms with Gasteiger partial charge in [-0.1, -0.05) is 15.9 Å². The van der Waals surface area contributed by atoms with Crippen LogP contribution in [0.4, 0.5) is 0 Å². The quantitative estimate of drug-likeness (QED) is 0.813. The monoisotopic (exact) mass is 385 g/mol. The Morgan fingerprint density at radius 1 is 1.21 bits per heavy atom. The Balaban J connectivity index is 2.70. The summed E-state index contributed by atoms with van der Waals surface area (Å²) in [6.07, 6.45) is 1.53. The van der Waals surface area contributed by atoms with Gasteiger partial charge in [0.25, 0.3) is 0 Å². The van der Waals surface area contributed by atoms with Crippen molar-refractivity contribution in [1.29, 1.82) is 0 Å². The summed E-state index contributed by atoms with van der Waals surface area (Å²) in [5, 5.41) is 9.22. The maximum Gasteiger partial charge on any atom is 0.352 e. The van der Waals surface area contributed by atoms with Crippen molar-refractivity contribution in [1.82, 2.24) is 4.57 Å². The first-order valence-corrected chi connectivity index (χ1v) is 6.91. The Morgan fingerprint density at radius 3 is 2.47 bits per heavy atom. The van der Waals surface area contributed by atoms with Gasteiger partial charge in [0, 0.05) is 20.7 Å². The number of hydrogen-bond acceptors (Lipinski definition) is 2. The molecule has 0 aliphatic carbocycles. The normalized spacial score (nSPS) is 10.5. The molecule has 19 heavy (non-hydrogen) atoms. The number of aromatic carboxylic acids is 1. The third-order valence-electron chi connectivity index (χ3n) is 2.61. The van der Waals surface area contributed by atoms with Crippen molar-refractivity contribution in [3.63, 3.8) is 0 Å². The lowest BCUT2D eigenvalue weighted by Crippen LogP contribution is -2.06. The van der Waals surface area contributed by atoms with Crippen LogP contribution in [0.2, 0.25) is 0 Å². The number of ketones is 1. The Bertz CT molecular complexity index is 677. The number of benzene rings is 1. The zero-order chi connectivity index (χ0) is 14.2. The van der Waals surface area contributed by atoms with Gasteiger partial charge in [0.2, 0.25) is 0 Å². The van der Waals surface area contributed by atoms with Gasteiger partial charge in [-0.3, -0.25) is 4.79 Å². The van der Waals surface area contributed by atoms with Gasteiger partial charge in [-0.2, -0.15) is 0 Å². The average Bonchev–Trinajstić information content (AvgIpc) is 2.77. The largest absolute Gasteiger partial charge is 0.477 e. The summed E-state index contributed by atoms with van der Waals surface area (Å²) in [6, 6.07) is 6.79. The van der Waals surface area contributed by atoms with Crippen LogP contribution in [0.3, 0.4) is 0 Å². The first kappa shape index (κ1) is 14.0. The molecule has 0 fully saturated rings. The zero-order valence-electron chi connectivity index (χ0n) is 9.85. The van der Waals surface area contributed by atoms with E-state index in [1.165, 1.54) is 23.8 Å². The molecule has 6 heteroatoms. The molecular weight excluding hydrogens is 378 g/mol. The van der Waals surface area contributed by atoms with Crippen LogP contribution in [0.5, 0.6) is 0 Å². The van der Waals surface area contributed by atoms with E-state index in [4.69, 9.17) is 0 Å². The lowest BCUT2D eigenvalue weighted by atomic mass is 10.2. The Labute approximate surface area is 126 Å². The van der Waals surface area contributed by atoms with Gasteiger partial charge in [-0.05, 0) is 47.1 Å². The molecule has 0 spiro atoms. The third-order valence-corrected chi connectivity index (χ3v) is 3.78. The van der Waals surface area contributed by atoms with Crippen molar-refractivity contribution in [3.05, 3.63) is 50.7 Å². The molecule has 0 amide bonds. The van der Waals surface area contributed by atoms with Crippen LogP contribution in [-0.2, 0) is 0 Å². The summed E-state index contributed by atoms with van der Waals surface area (Å²) in [6.45, 7) is 1.40. The zero-order valence-corrected chi connectivity index (χ0v) is 13.0. The molecule has 4 nitrogen and oxygen atoms in total. The van der Waals surface area contributed by atoms with E-state index in [0.717, 1.165) is 8.95 Å². The van der Waals surface area contributed by atoms with Gasteiger partial charge in [0.05, 0.1) is 5.69 Å². The number of carbonyl (C=O) groups excluding carboxylic acids is 1. The molecule has 1 N–H and O–H groups in total. The fourth-order valence-corrected chi connectivity index (χ4v) is 2.48. The summed E-state index contributed by atoms with van der Waals surface area (Å²) >= 11 is 6.72. The third kappa shape index (κ3) is 2.79. The number of rotatable bonds is 3. The molecule has 0 aliphatic heterocycles. The molecule has 2 aromatic rings. The number of carboxylic acids is 1. The molecule has 0 unspecified atom stereocenters. The van der Waals surface area contributed by atoms with Crippen molar-refractivity contribution in [2.24, 2.45) is 0 Å². The molecule has 2 rings (SSSR count). The number of hydrogen-bond donors (Lipinski definition) is 1. The standard InChI is InChI=1S/C13H9Br2NO3/c1-7(17)8-4-12(13(18)19)16(6-8)11-5-9(14)2-3-10(11)15/h2-6H,1H3,(H,18,19). The minimum atomic E-state index is -1.08. The summed E-state index contributed by atoms with van der Waals surface area (Å²) in [7, 11) is 0. The highest BCUT2D eigenvalue weighted by Crippen LogP contribution is 2.27. The topological polar surface area (TPSA) is 59.3 Å². The molecule has 98 valence electrons. The molecule has 0 bridgehead atoms. The maximum atomic E-state index is 11.4. The minimum absolute atomic E-state index is 0.0454. The van der Waals surface area contributed by atoms with E-state index in [9.17, 15) is 14.7 Å². The van der Waals surface area contributed by atoms with Crippen molar-refractivity contribution in [3.8, 4) is 5.69 Å². The maximum absolute atomic E-state index is 11.4. The molecular formula is C13H9Br2NO3. The number of carboxylic acid groups (broad SMARTS) is 1. The Kier molecular flexibility index (Phi) is 3.91. The van der Waals surface area contributed by atoms with E-state index in [1.807, 2.05) is 6.07 Å². The van der Waals surface area contributed by atoms with Crippen LogP contribution < -0.4 is 0 Å². The van der Waals surface area contributed by atoms with Gasteiger partial charge >= 0.3 is 5.97 Å². The summed E-state index contributed by atoms with van der Waals surface area (Å²) < 4.78 is 3.04. The molecule has 0 saturated heterocycles. The van der Waals surface area contributed by atoms with Gasteiger partial charge < -0.3 is 9.67 Å². The number of nitrogens with zero attached hydrogens (tertiary/aromatic N) is 1. The molecule has 1 aromatic heterocycles. The number of halogens is 2. The van der Waals surface area contributed by atoms with Gasteiger partial charge in [0.1, 0.15) is 5.69 Å². The lowest BCUT2D eigenvalue weighted by Gasteiger charge is -2.09. The summed E-state index contributed by atoms with van der Waals surface area (Å²) in [5.74, 6) is -1.26. The smallest absolute Gasteiger partial charge is 0.352 e. The van der Waals surface area contributed by atoms with Crippen molar-refractivity contribution in [2.75, 3.05) is 0 Å². The van der Waals surface area contributed by atoms with Gasteiger partial charge in [-0.25, -0.2) is 4.79 Å². The van der Waals surface area contributed by atoms with E-state index in [0.29, 0.717) is 11.3 Å². The highest BCUT2D eigenvalue weighted by atomic mass is 79.9. The van der Waals surface area contributed by atoms with Gasteiger partial charge in [-0.15, -0.1) is 0 Å². The van der Waals surface area contributed by atoms with E-state index >= 15 is 0 Å². The fraction of sp³-hybridized carbons (Fsp3) is 0.0769. The van der Waals surface area contributed by atoms with Crippen molar-refractivity contribution < 1.29 is 14.7 Å². The predicted octanol–water partition coefficient (Wildman–Crippen LogP) is 3.90. The van der Waals surface area contributed by atoms with E-state index in [2.05, 4.69) is 31.9 Å². The summed E-state index contributed by atoms with van der Waals surface area (Å²) in [4.78, 5) is 22.7. The Morgan fingerprint density at radius 2 is 1.89 bits per heavy atom. The second kappa shape index (κ2) is 5.30. The summed E-state index contributed by atoms with van der Waals surface area (Å²) in [5.41, 5.74) is 1.06. The molecule has 0 aliphatic rings. The van der Waals surface area contributed by atoms with Crippen LogP contribution in [0, 0.1) is 0 Å². The first-order chi connectivity index (χ1) is 8.90. The Hall–Kier alpha value is -1.40. The lowest BCUT2D eigenvalue weighted by molar-refractivity contribution is 0.0688. The highest BCUT2D eigenvalue weighted by molar-refractivity contribution is 9.11. The average molecular weight is 387 g/mol. The van der Waals surface area contributed by atoms with Crippen LogP contribution in [0.1, 0.15) is 27.8 Å². The predicted molar refractivity (Wildman–Crippen MR) is 78.1 cm³/mol. The van der Waals surface area contributed by atoms with Crippen LogP contribution in [-0.4, -0.2) is 21.4 Å². The van der Waals surface area contributed by atoms with Crippen LogP contribution in [0.25, 0.3) is 5.69 Å². The number of carbonyl (C=O) groups is 2. The SMILES string of the molecule is CC(=O)c1cc(C(=O)O)n(-c2cc(Br)ccc2Br)c1.